The quantitative estimate of drug-likeness (QED) is 0.684. The predicted octanol–water partition coefficient (Wildman–Crippen LogP) is 3.87. The highest BCUT2D eigenvalue weighted by atomic mass is 16.5. The zero-order valence-corrected chi connectivity index (χ0v) is 11.1. The van der Waals surface area contributed by atoms with Crippen molar-refractivity contribution >= 4 is 0 Å². The maximum atomic E-state index is 6.41. The van der Waals surface area contributed by atoms with E-state index in [9.17, 15) is 0 Å². The summed E-state index contributed by atoms with van der Waals surface area (Å²) in [6, 6.07) is 0. The van der Waals surface area contributed by atoms with Crippen molar-refractivity contribution in [3.63, 3.8) is 0 Å². The van der Waals surface area contributed by atoms with Crippen LogP contribution in [0.5, 0.6) is 0 Å². The van der Waals surface area contributed by atoms with Gasteiger partial charge in [-0.05, 0) is 64.2 Å². The van der Waals surface area contributed by atoms with Crippen molar-refractivity contribution in [2.75, 3.05) is 0 Å². The van der Waals surface area contributed by atoms with Crippen LogP contribution in [-0.4, -0.2) is 11.2 Å². The van der Waals surface area contributed by atoms with Gasteiger partial charge in [0.05, 0.1) is 11.2 Å². The highest BCUT2D eigenvalue weighted by Crippen LogP contribution is 2.53. The molecule has 2 aliphatic carbocycles. The van der Waals surface area contributed by atoms with Crippen molar-refractivity contribution in [2.45, 2.75) is 65.6 Å². The second kappa shape index (κ2) is 3.23. The predicted molar refractivity (Wildman–Crippen MR) is 63.8 cm³/mol. The zero-order valence-electron chi connectivity index (χ0n) is 11.1. The fourth-order valence-electron chi connectivity index (χ4n) is 3.41. The third kappa shape index (κ3) is 2.22. The van der Waals surface area contributed by atoms with E-state index in [2.05, 4.69) is 41.5 Å². The average molecular weight is 210 g/mol. The van der Waals surface area contributed by atoms with Crippen molar-refractivity contribution in [1.82, 2.24) is 0 Å². The molecule has 2 fully saturated rings. The van der Waals surface area contributed by atoms with Gasteiger partial charge >= 0.3 is 0 Å². The monoisotopic (exact) mass is 210 g/mol. The first-order chi connectivity index (χ1) is 6.74. The van der Waals surface area contributed by atoms with Gasteiger partial charge in [0.2, 0.25) is 0 Å². The summed E-state index contributed by atoms with van der Waals surface area (Å²) in [5, 5.41) is 0. The van der Waals surface area contributed by atoms with Gasteiger partial charge in [-0.25, -0.2) is 0 Å². The Bertz CT molecular complexity index is 228. The molecule has 0 bridgehead atoms. The van der Waals surface area contributed by atoms with E-state index in [4.69, 9.17) is 4.74 Å². The Morgan fingerprint density at radius 2 is 1.07 bits per heavy atom. The lowest BCUT2D eigenvalue weighted by atomic mass is 9.96. The lowest BCUT2D eigenvalue weighted by Gasteiger charge is -2.37. The minimum Gasteiger partial charge on any atom is -0.369 e. The molecular formula is C14H26O. The molecule has 1 heteroatoms. The molecule has 0 amide bonds. The van der Waals surface area contributed by atoms with Gasteiger partial charge in [-0.1, -0.05) is 13.8 Å². The summed E-state index contributed by atoms with van der Waals surface area (Å²) in [6.07, 6.45) is 2.70. The Hall–Kier alpha value is -0.0400. The van der Waals surface area contributed by atoms with Crippen molar-refractivity contribution in [3.8, 4) is 0 Å². The van der Waals surface area contributed by atoms with Crippen LogP contribution >= 0.6 is 0 Å². The second-order valence-electron chi connectivity index (χ2n) is 6.95. The van der Waals surface area contributed by atoms with E-state index < -0.39 is 0 Å². The topological polar surface area (TPSA) is 9.23 Å². The first kappa shape index (κ1) is 11.4. The Kier molecular flexibility index (Phi) is 2.46. The van der Waals surface area contributed by atoms with Gasteiger partial charge in [-0.2, -0.15) is 0 Å². The van der Waals surface area contributed by atoms with Crippen molar-refractivity contribution in [1.29, 1.82) is 0 Å². The second-order valence-corrected chi connectivity index (χ2v) is 6.95. The highest BCUT2D eigenvalue weighted by molar-refractivity contribution is 5.01. The molecule has 0 spiro atoms. The van der Waals surface area contributed by atoms with Crippen molar-refractivity contribution in [2.24, 2.45) is 23.7 Å². The summed E-state index contributed by atoms with van der Waals surface area (Å²) in [5.74, 6) is 3.30. The summed E-state index contributed by atoms with van der Waals surface area (Å²) < 4.78 is 6.41. The Balaban J connectivity index is 1.95. The number of rotatable bonds is 4. The van der Waals surface area contributed by atoms with Crippen LogP contribution in [0.3, 0.4) is 0 Å². The maximum absolute atomic E-state index is 6.41. The van der Waals surface area contributed by atoms with Crippen LogP contribution in [0.2, 0.25) is 0 Å². The molecule has 0 N–H and O–H groups in total. The SMILES string of the molecule is CC1CC1C(C)(C)OC(C)(C)C1CC1C. The van der Waals surface area contributed by atoms with E-state index >= 15 is 0 Å². The van der Waals surface area contributed by atoms with Crippen LogP contribution in [0.4, 0.5) is 0 Å². The van der Waals surface area contributed by atoms with Gasteiger partial charge in [0.25, 0.3) is 0 Å². The molecule has 2 saturated carbocycles. The van der Waals surface area contributed by atoms with Gasteiger partial charge in [0.1, 0.15) is 0 Å². The minimum absolute atomic E-state index is 0.0746. The van der Waals surface area contributed by atoms with Crippen molar-refractivity contribution < 1.29 is 4.74 Å². The molecule has 0 heterocycles. The van der Waals surface area contributed by atoms with Gasteiger partial charge < -0.3 is 4.74 Å². The third-order valence-electron chi connectivity index (χ3n) is 4.53. The summed E-state index contributed by atoms with van der Waals surface area (Å²) >= 11 is 0. The van der Waals surface area contributed by atoms with Gasteiger partial charge in [-0.15, -0.1) is 0 Å². The fourth-order valence-corrected chi connectivity index (χ4v) is 3.41. The third-order valence-corrected chi connectivity index (χ3v) is 4.53. The summed E-state index contributed by atoms with van der Waals surface area (Å²) in [5.41, 5.74) is 0.149. The van der Waals surface area contributed by atoms with Crippen LogP contribution in [-0.2, 0) is 4.74 Å². The van der Waals surface area contributed by atoms with Gasteiger partial charge in [-0.3, -0.25) is 0 Å². The molecule has 0 aromatic rings. The van der Waals surface area contributed by atoms with Crippen molar-refractivity contribution in [3.05, 3.63) is 0 Å². The Morgan fingerprint density at radius 1 is 0.800 bits per heavy atom. The van der Waals surface area contributed by atoms with Crippen LogP contribution in [0, 0.1) is 23.7 Å². The van der Waals surface area contributed by atoms with Crippen LogP contribution in [0.25, 0.3) is 0 Å². The Labute approximate surface area is 94.6 Å². The maximum Gasteiger partial charge on any atom is 0.0664 e. The fraction of sp³-hybridized carbons (Fsp3) is 1.00. The summed E-state index contributed by atoms with van der Waals surface area (Å²) in [6.45, 7) is 13.8. The zero-order chi connectivity index (χ0) is 11.4. The first-order valence-electron chi connectivity index (χ1n) is 6.44. The Morgan fingerprint density at radius 3 is 1.27 bits per heavy atom. The van der Waals surface area contributed by atoms with E-state index in [1.165, 1.54) is 12.8 Å². The molecule has 4 unspecified atom stereocenters. The van der Waals surface area contributed by atoms with Crippen LogP contribution in [0.15, 0.2) is 0 Å². The van der Waals surface area contributed by atoms with Crippen LogP contribution < -0.4 is 0 Å². The molecule has 0 aliphatic heterocycles. The largest absolute Gasteiger partial charge is 0.369 e. The molecule has 0 radical (unpaired) electrons. The van der Waals surface area contributed by atoms with E-state index in [0.29, 0.717) is 0 Å². The molecule has 2 aliphatic rings. The molecule has 88 valence electrons. The van der Waals surface area contributed by atoms with E-state index in [1.807, 2.05) is 0 Å². The molecule has 0 saturated heterocycles. The lowest BCUT2D eigenvalue weighted by Crippen LogP contribution is -2.40. The normalized spacial score (nSPS) is 40.4. The van der Waals surface area contributed by atoms with Gasteiger partial charge in [0.15, 0.2) is 0 Å². The molecule has 0 aromatic heterocycles. The number of hydrogen-bond donors (Lipinski definition) is 0. The van der Waals surface area contributed by atoms with Gasteiger partial charge in [0, 0.05) is 0 Å². The number of hydrogen-bond acceptors (Lipinski definition) is 1. The average Bonchev–Trinajstić information content (AvgIpc) is 2.86. The molecule has 4 atom stereocenters. The molecular weight excluding hydrogens is 184 g/mol. The molecule has 0 aromatic carbocycles. The minimum atomic E-state index is 0.0746. The molecule has 1 nitrogen and oxygen atoms in total. The lowest BCUT2D eigenvalue weighted by molar-refractivity contribution is -0.146. The number of ether oxygens (including phenoxy) is 1. The summed E-state index contributed by atoms with van der Waals surface area (Å²) in [7, 11) is 0. The first-order valence-corrected chi connectivity index (χ1v) is 6.44. The van der Waals surface area contributed by atoms with E-state index in [0.717, 1.165) is 23.7 Å². The standard InChI is InChI=1S/C14H26O/c1-9-7-11(9)13(3,4)15-14(5,6)12-8-10(12)2/h9-12H,7-8H2,1-6H3. The smallest absolute Gasteiger partial charge is 0.0664 e. The highest BCUT2D eigenvalue weighted by Gasteiger charge is 2.52. The molecule has 15 heavy (non-hydrogen) atoms. The van der Waals surface area contributed by atoms with E-state index in [1.54, 1.807) is 0 Å². The molecule has 2 rings (SSSR count). The van der Waals surface area contributed by atoms with E-state index in [-0.39, 0.29) is 11.2 Å². The summed E-state index contributed by atoms with van der Waals surface area (Å²) in [4.78, 5) is 0. The van der Waals surface area contributed by atoms with Crippen LogP contribution in [0.1, 0.15) is 54.4 Å².